The fourth-order valence-electron chi connectivity index (χ4n) is 1.40. The first-order chi connectivity index (χ1) is 8.15. The summed E-state index contributed by atoms with van der Waals surface area (Å²) in [6, 6.07) is 7.24. The van der Waals surface area contributed by atoms with Crippen LogP contribution >= 0.6 is 11.6 Å². The number of nitrogens with zero attached hydrogens (tertiary/aromatic N) is 3. The highest BCUT2D eigenvalue weighted by molar-refractivity contribution is 6.31. The van der Waals surface area contributed by atoms with Crippen LogP contribution in [-0.2, 0) is 18.3 Å². The molecule has 5 nitrogen and oxygen atoms in total. The molecular formula is C11H11ClN4O. The lowest BCUT2D eigenvalue weighted by molar-refractivity contribution is -0.115. The SMILES string of the molecule is Cn1ncc(NC(=O)Cc2ccccc2Cl)n1. The first-order valence-electron chi connectivity index (χ1n) is 5.05. The summed E-state index contributed by atoms with van der Waals surface area (Å²) in [6.07, 6.45) is 1.71. The van der Waals surface area contributed by atoms with E-state index in [1.807, 2.05) is 18.2 Å². The van der Waals surface area contributed by atoms with Crippen LogP contribution in [0.4, 0.5) is 5.82 Å². The van der Waals surface area contributed by atoms with Gasteiger partial charge in [0.1, 0.15) is 0 Å². The lowest BCUT2D eigenvalue weighted by Crippen LogP contribution is -2.15. The number of amides is 1. The molecule has 17 heavy (non-hydrogen) atoms. The third-order valence-electron chi connectivity index (χ3n) is 2.18. The molecular weight excluding hydrogens is 240 g/mol. The quantitative estimate of drug-likeness (QED) is 0.901. The van der Waals surface area contributed by atoms with E-state index in [4.69, 9.17) is 11.6 Å². The van der Waals surface area contributed by atoms with Crippen LogP contribution in [0.5, 0.6) is 0 Å². The van der Waals surface area contributed by atoms with Crippen molar-refractivity contribution in [3.63, 3.8) is 0 Å². The maximum atomic E-state index is 11.7. The molecule has 2 aromatic rings. The fraction of sp³-hybridized carbons (Fsp3) is 0.182. The van der Waals surface area contributed by atoms with Crippen LogP contribution in [0.3, 0.4) is 0 Å². The molecule has 0 atom stereocenters. The number of nitrogens with one attached hydrogen (secondary N) is 1. The van der Waals surface area contributed by atoms with Gasteiger partial charge in [0, 0.05) is 12.1 Å². The van der Waals surface area contributed by atoms with E-state index in [1.54, 1.807) is 13.1 Å². The molecule has 6 heteroatoms. The highest BCUT2D eigenvalue weighted by Crippen LogP contribution is 2.15. The van der Waals surface area contributed by atoms with Crippen molar-refractivity contribution in [3.8, 4) is 0 Å². The minimum Gasteiger partial charge on any atom is -0.308 e. The van der Waals surface area contributed by atoms with Crippen molar-refractivity contribution < 1.29 is 4.79 Å². The van der Waals surface area contributed by atoms with Crippen LogP contribution in [0.25, 0.3) is 0 Å². The van der Waals surface area contributed by atoms with E-state index in [0.717, 1.165) is 5.56 Å². The standard InChI is InChI=1S/C11H11ClN4O/c1-16-13-7-10(15-16)14-11(17)6-8-4-2-3-5-9(8)12/h2-5,7H,6H2,1H3,(H,14,15,17). The average Bonchev–Trinajstić information content (AvgIpc) is 2.67. The summed E-state index contributed by atoms with van der Waals surface area (Å²) in [7, 11) is 1.68. The Bertz CT molecular complexity index is 538. The van der Waals surface area contributed by atoms with Gasteiger partial charge >= 0.3 is 0 Å². The molecule has 0 bridgehead atoms. The lowest BCUT2D eigenvalue weighted by Gasteiger charge is -2.03. The highest BCUT2D eigenvalue weighted by Gasteiger charge is 2.08. The van der Waals surface area contributed by atoms with E-state index in [2.05, 4.69) is 15.5 Å². The summed E-state index contributed by atoms with van der Waals surface area (Å²) < 4.78 is 0. The molecule has 1 aromatic heterocycles. The lowest BCUT2D eigenvalue weighted by atomic mass is 10.1. The predicted octanol–water partition coefficient (Wildman–Crippen LogP) is 1.65. The van der Waals surface area contributed by atoms with Gasteiger partial charge in [0.15, 0.2) is 5.82 Å². The highest BCUT2D eigenvalue weighted by atomic mass is 35.5. The summed E-state index contributed by atoms with van der Waals surface area (Å²) >= 11 is 5.96. The Kier molecular flexibility index (Phi) is 3.39. The monoisotopic (exact) mass is 250 g/mol. The predicted molar refractivity (Wildman–Crippen MR) is 64.8 cm³/mol. The molecule has 1 N–H and O–H groups in total. The van der Waals surface area contributed by atoms with Crippen molar-refractivity contribution in [1.82, 2.24) is 15.0 Å². The maximum Gasteiger partial charge on any atom is 0.230 e. The topological polar surface area (TPSA) is 59.8 Å². The average molecular weight is 251 g/mol. The third-order valence-corrected chi connectivity index (χ3v) is 2.54. The van der Waals surface area contributed by atoms with E-state index in [9.17, 15) is 4.79 Å². The van der Waals surface area contributed by atoms with Crippen molar-refractivity contribution >= 4 is 23.3 Å². The molecule has 88 valence electrons. The molecule has 1 heterocycles. The van der Waals surface area contributed by atoms with Crippen molar-refractivity contribution in [1.29, 1.82) is 0 Å². The Morgan fingerprint density at radius 2 is 2.24 bits per heavy atom. The van der Waals surface area contributed by atoms with E-state index in [1.165, 1.54) is 11.0 Å². The second-order valence-corrected chi connectivity index (χ2v) is 3.94. The number of carbonyl (C=O) groups excluding carboxylic acids is 1. The summed E-state index contributed by atoms with van der Waals surface area (Å²) in [6.45, 7) is 0. The molecule has 0 saturated heterocycles. The summed E-state index contributed by atoms with van der Waals surface area (Å²) in [5.41, 5.74) is 0.788. The number of carbonyl (C=O) groups is 1. The normalized spacial score (nSPS) is 10.2. The molecule has 0 fully saturated rings. The van der Waals surface area contributed by atoms with Crippen LogP contribution < -0.4 is 5.32 Å². The second kappa shape index (κ2) is 4.97. The Labute approximate surface area is 103 Å². The number of halogens is 1. The van der Waals surface area contributed by atoms with Gasteiger partial charge in [-0.25, -0.2) is 0 Å². The zero-order chi connectivity index (χ0) is 12.3. The van der Waals surface area contributed by atoms with E-state index >= 15 is 0 Å². The minimum absolute atomic E-state index is 0.168. The number of aromatic nitrogens is 3. The van der Waals surface area contributed by atoms with Gasteiger partial charge in [-0.05, 0) is 11.6 Å². The summed E-state index contributed by atoms with van der Waals surface area (Å²) in [4.78, 5) is 13.1. The zero-order valence-corrected chi connectivity index (χ0v) is 9.98. The zero-order valence-electron chi connectivity index (χ0n) is 9.22. The molecule has 1 aromatic carbocycles. The Hall–Kier alpha value is -1.88. The van der Waals surface area contributed by atoms with Crippen LogP contribution in [-0.4, -0.2) is 20.9 Å². The van der Waals surface area contributed by atoms with E-state index in [-0.39, 0.29) is 12.3 Å². The van der Waals surface area contributed by atoms with Gasteiger partial charge in [-0.2, -0.15) is 9.90 Å². The van der Waals surface area contributed by atoms with E-state index < -0.39 is 0 Å². The van der Waals surface area contributed by atoms with Gasteiger partial charge in [0.05, 0.1) is 12.6 Å². The van der Waals surface area contributed by atoms with Gasteiger partial charge in [-0.1, -0.05) is 29.8 Å². The largest absolute Gasteiger partial charge is 0.308 e. The van der Waals surface area contributed by atoms with Gasteiger partial charge in [-0.3, -0.25) is 4.79 Å². The van der Waals surface area contributed by atoms with Crippen molar-refractivity contribution in [2.24, 2.45) is 7.05 Å². The number of rotatable bonds is 3. The molecule has 0 aliphatic rings. The molecule has 1 amide bonds. The van der Waals surface area contributed by atoms with Crippen molar-refractivity contribution in [3.05, 3.63) is 41.0 Å². The molecule has 0 unspecified atom stereocenters. The first kappa shape index (κ1) is 11.6. The fourth-order valence-corrected chi connectivity index (χ4v) is 1.61. The Morgan fingerprint density at radius 1 is 1.47 bits per heavy atom. The summed E-state index contributed by atoms with van der Waals surface area (Å²) in [5.74, 6) is 0.267. The molecule has 0 aliphatic heterocycles. The van der Waals surface area contributed by atoms with Crippen LogP contribution in [0, 0.1) is 0 Å². The Morgan fingerprint density at radius 3 is 2.88 bits per heavy atom. The first-order valence-corrected chi connectivity index (χ1v) is 5.42. The number of hydrogen-bond donors (Lipinski definition) is 1. The smallest absolute Gasteiger partial charge is 0.230 e. The molecule has 0 radical (unpaired) electrons. The minimum atomic E-state index is -0.168. The number of hydrogen-bond acceptors (Lipinski definition) is 3. The molecule has 0 spiro atoms. The van der Waals surface area contributed by atoms with Crippen LogP contribution in [0.1, 0.15) is 5.56 Å². The maximum absolute atomic E-state index is 11.7. The number of benzene rings is 1. The molecule has 0 aliphatic carbocycles. The number of anilines is 1. The van der Waals surface area contributed by atoms with Crippen LogP contribution in [0.2, 0.25) is 5.02 Å². The molecule has 2 rings (SSSR count). The van der Waals surface area contributed by atoms with Gasteiger partial charge < -0.3 is 5.32 Å². The summed E-state index contributed by atoms with van der Waals surface area (Å²) in [5, 5.41) is 11.0. The van der Waals surface area contributed by atoms with Gasteiger partial charge in [-0.15, -0.1) is 5.10 Å². The molecule has 0 saturated carbocycles. The van der Waals surface area contributed by atoms with Gasteiger partial charge in [0.2, 0.25) is 5.91 Å². The third kappa shape index (κ3) is 3.04. The van der Waals surface area contributed by atoms with Crippen molar-refractivity contribution in [2.45, 2.75) is 6.42 Å². The second-order valence-electron chi connectivity index (χ2n) is 3.54. The van der Waals surface area contributed by atoms with E-state index in [0.29, 0.717) is 10.8 Å². The van der Waals surface area contributed by atoms with Gasteiger partial charge in [0.25, 0.3) is 0 Å². The van der Waals surface area contributed by atoms with Crippen LogP contribution in [0.15, 0.2) is 30.5 Å². The van der Waals surface area contributed by atoms with Crippen molar-refractivity contribution in [2.75, 3.05) is 5.32 Å². The Balaban J connectivity index is 2.01. The number of aryl methyl sites for hydroxylation is 1.